The van der Waals surface area contributed by atoms with E-state index in [1.165, 1.54) is 25.3 Å². The number of ether oxygens (including phenoxy) is 2. The van der Waals surface area contributed by atoms with Gasteiger partial charge in [-0.15, -0.1) is 0 Å². The van der Waals surface area contributed by atoms with E-state index in [4.69, 9.17) is 18.5 Å². The van der Waals surface area contributed by atoms with E-state index >= 15 is 0 Å². The van der Waals surface area contributed by atoms with Crippen LogP contribution in [0.5, 0.6) is 0 Å². The van der Waals surface area contributed by atoms with Crippen molar-refractivity contribution >= 4 is 19.8 Å². The number of carbonyl (C=O) groups excluding carboxylic acids is 2. The van der Waals surface area contributed by atoms with Gasteiger partial charge in [0.05, 0.1) is 46.1 Å². The molecule has 0 aliphatic heterocycles. The third kappa shape index (κ3) is 40.9. The Balaban J connectivity index is 4.74. The van der Waals surface area contributed by atoms with Crippen LogP contribution in [0.25, 0.3) is 0 Å². The summed E-state index contributed by atoms with van der Waals surface area (Å²) in [7, 11) is 0.920. The molecule has 5 atom stereocenters. The summed E-state index contributed by atoms with van der Waals surface area (Å²) in [6.45, 7) is 3.64. The van der Waals surface area contributed by atoms with Crippen molar-refractivity contribution in [1.29, 1.82) is 0 Å². The summed E-state index contributed by atoms with van der Waals surface area (Å²) in [5.74, 6) is -1.20. The number of phosphoric acid groups is 1. The molecule has 0 saturated carbocycles. The number of phosphoric ester groups is 1. The van der Waals surface area contributed by atoms with Crippen LogP contribution in [-0.2, 0) is 32.7 Å². The van der Waals surface area contributed by atoms with E-state index in [1.807, 2.05) is 21.1 Å². The van der Waals surface area contributed by atoms with Gasteiger partial charge in [0.2, 0.25) is 0 Å². The topological polar surface area (TPSA) is 172 Å². The number of aliphatic hydroxyl groups excluding tert-OH is 3. The summed E-state index contributed by atoms with van der Waals surface area (Å²) < 4.78 is 33.6. The molecular formula is C48H82NO11P. The van der Waals surface area contributed by atoms with E-state index < -0.39 is 57.4 Å². The molecule has 0 amide bonds. The van der Waals surface area contributed by atoms with Gasteiger partial charge in [0.15, 0.2) is 6.10 Å². The van der Waals surface area contributed by atoms with Gasteiger partial charge in [0.1, 0.15) is 19.8 Å². The Morgan fingerprint density at radius 2 is 1.20 bits per heavy atom. The van der Waals surface area contributed by atoms with Gasteiger partial charge in [0, 0.05) is 12.8 Å². The standard InChI is InChI=1S/C48H82NO11P/c1-6-8-10-11-12-13-14-15-16-17-18-19-20-21-22-27-31-37-47(53)57-41-44(42-59-61(55,56)58-40-39-49(3,4)5)60-48(54)38-32-36-46(52)45(51)35-30-26-24-23-25-29-34-43(50)33-28-9-7-2/h12-13,15-16,18-19,23-26,29-30,34-35,43-46,50-52H,6-11,14,17,20-22,27-28,31-33,36-42H2,1-5H3/b13-12-,16-15-,19-18-,25-23-,26-24+,34-29+,35-30+/t43-,44+,45-,46-/m0/s1. The number of unbranched alkanes of at least 4 members (excludes halogenated alkanes) is 9. The number of quaternary nitrogens is 1. The zero-order valence-corrected chi connectivity index (χ0v) is 39.1. The Morgan fingerprint density at radius 1 is 0.639 bits per heavy atom. The van der Waals surface area contributed by atoms with Crippen molar-refractivity contribution < 1.29 is 57.4 Å². The third-order valence-corrected chi connectivity index (χ3v) is 10.2. The molecule has 0 spiro atoms. The summed E-state index contributed by atoms with van der Waals surface area (Å²) in [5, 5.41) is 30.6. The molecule has 0 saturated heterocycles. The summed E-state index contributed by atoms with van der Waals surface area (Å²) in [6.07, 6.45) is 38.3. The van der Waals surface area contributed by atoms with E-state index in [0.29, 0.717) is 17.4 Å². The second kappa shape index (κ2) is 38.7. The SMILES string of the molecule is CCCCC/C=C\C/C=C\C/C=C\CCCCCCC(=O)OC[C@H](COP(=O)([O-])OCC[N+](C)(C)C)OC(=O)CCC[C@H](O)[C@@H](O)/C=C/C=C/C=C\C=C\[C@@H](O)CCCCC. The first-order valence-corrected chi connectivity index (χ1v) is 24.1. The second-order valence-corrected chi connectivity index (χ2v) is 17.7. The molecule has 0 rings (SSSR count). The van der Waals surface area contributed by atoms with Crippen LogP contribution >= 0.6 is 7.82 Å². The minimum absolute atomic E-state index is 0.0899. The zero-order valence-electron chi connectivity index (χ0n) is 38.2. The van der Waals surface area contributed by atoms with Crippen LogP contribution in [0.4, 0.5) is 0 Å². The number of rotatable bonds is 39. The Bertz CT molecular complexity index is 1370. The molecule has 13 heteroatoms. The molecule has 0 aliphatic carbocycles. The average Bonchev–Trinajstić information content (AvgIpc) is 3.20. The van der Waals surface area contributed by atoms with Crippen LogP contribution in [0.3, 0.4) is 0 Å². The van der Waals surface area contributed by atoms with Gasteiger partial charge in [0.25, 0.3) is 7.82 Å². The maximum absolute atomic E-state index is 12.7. The molecule has 0 fully saturated rings. The van der Waals surface area contributed by atoms with Gasteiger partial charge < -0.3 is 43.2 Å². The Morgan fingerprint density at radius 3 is 1.84 bits per heavy atom. The monoisotopic (exact) mass is 880 g/mol. The Labute approximate surface area is 369 Å². The number of esters is 2. The smallest absolute Gasteiger partial charge is 0.306 e. The number of hydrogen-bond acceptors (Lipinski definition) is 11. The van der Waals surface area contributed by atoms with E-state index in [2.05, 4.69) is 50.3 Å². The quantitative estimate of drug-likeness (QED) is 0.0134. The van der Waals surface area contributed by atoms with Gasteiger partial charge in [-0.05, 0) is 64.2 Å². The highest BCUT2D eigenvalue weighted by Crippen LogP contribution is 2.38. The van der Waals surface area contributed by atoms with Crippen molar-refractivity contribution in [2.75, 3.05) is 47.5 Å². The van der Waals surface area contributed by atoms with Crippen molar-refractivity contribution in [1.82, 2.24) is 0 Å². The molecule has 0 bridgehead atoms. The lowest BCUT2D eigenvalue weighted by molar-refractivity contribution is -0.870. The van der Waals surface area contributed by atoms with E-state index in [9.17, 15) is 34.4 Å². The van der Waals surface area contributed by atoms with E-state index in [1.54, 1.807) is 42.5 Å². The zero-order chi connectivity index (χ0) is 45.5. The molecule has 12 nitrogen and oxygen atoms in total. The van der Waals surface area contributed by atoms with Crippen molar-refractivity contribution in [2.45, 2.75) is 160 Å². The van der Waals surface area contributed by atoms with Gasteiger partial charge in [-0.1, -0.05) is 144 Å². The number of allylic oxidation sites excluding steroid dienone is 12. The largest absolute Gasteiger partial charge is 0.756 e. The molecule has 3 N–H and O–H groups in total. The summed E-state index contributed by atoms with van der Waals surface area (Å²) >= 11 is 0. The maximum atomic E-state index is 12.7. The van der Waals surface area contributed by atoms with Gasteiger partial charge in [-0.3, -0.25) is 14.2 Å². The van der Waals surface area contributed by atoms with Crippen molar-refractivity contribution in [3.63, 3.8) is 0 Å². The van der Waals surface area contributed by atoms with Crippen molar-refractivity contribution in [3.8, 4) is 0 Å². The van der Waals surface area contributed by atoms with Gasteiger partial charge in [-0.2, -0.15) is 0 Å². The highest BCUT2D eigenvalue weighted by Gasteiger charge is 2.22. The lowest BCUT2D eigenvalue weighted by Crippen LogP contribution is -2.37. The first kappa shape index (κ1) is 58.1. The molecule has 0 aromatic carbocycles. The lowest BCUT2D eigenvalue weighted by Gasteiger charge is -2.28. The molecule has 0 radical (unpaired) electrons. The van der Waals surface area contributed by atoms with Crippen LogP contribution in [0, 0.1) is 0 Å². The maximum Gasteiger partial charge on any atom is 0.306 e. The van der Waals surface area contributed by atoms with Gasteiger partial charge >= 0.3 is 11.9 Å². The molecule has 0 aliphatic rings. The van der Waals surface area contributed by atoms with Crippen LogP contribution in [0.1, 0.15) is 136 Å². The van der Waals surface area contributed by atoms with E-state index in [0.717, 1.165) is 70.6 Å². The highest BCUT2D eigenvalue weighted by atomic mass is 31.2. The highest BCUT2D eigenvalue weighted by molar-refractivity contribution is 7.45. The molecule has 0 heterocycles. The summed E-state index contributed by atoms with van der Waals surface area (Å²) in [5.41, 5.74) is 0. The molecular weight excluding hydrogens is 797 g/mol. The minimum atomic E-state index is -4.73. The van der Waals surface area contributed by atoms with Crippen LogP contribution in [-0.4, -0.2) is 104 Å². The number of aliphatic hydroxyl groups is 3. The average molecular weight is 880 g/mol. The number of carbonyl (C=O) groups is 2. The van der Waals surface area contributed by atoms with Crippen LogP contribution in [0.2, 0.25) is 0 Å². The molecule has 0 aromatic heterocycles. The van der Waals surface area contributed by atoms with E-state index in [-0.39, 0.29) is 32.3 Å². The van der Waals surface area contributed by atoms with Crippen molar-refractivity contribution in [3.05, 3.63) is 85.1 Å². The molecule has 61 heavy (non-hydrogen) atoms. The number of nitrogens with zero attached hydrogens (tertiary/aromatic N) is 1. The Kier molecular flexibility index (Phi) is 36.9. The predicted octanol–water partition coefficient (Wildman–Crippen LogP) is 9.08. The van der Waals surface area contributed by atoms with Crippen molar-refractivity contribution in [2.24, 2.45) is 0 Å². The van der Waals surface area contributed by atoms with Gasteiger partial charge in [-0.25, -0.2) is 0 Å². The number of likely N-dealkylation sites (N-methyl/N-ethyl adjacent to an activating group) is 1. The fourth-order valence-electron chi connectivity index (χ4n) is 5.51. The molecule has 1 unspecified atom stereocenters. The third-order valence-electron chi connectivity index (χ3n) is 9.25. The Hall–Kier alpha value is -2.93. The van der Waals surface area contributed by atoms with Crippen LogP contribution in [0.15, 0.2) is 85.1 Å². The normalized spacial score (nSPS) is 15.9. The predicted molar refractivity (Wildman–Crippen MR) is 244 cm³/mol. The summed E-state index contributed by atoms with van der Waals surface area (Å²) in [4.78, 5) is 37.6. The second-order valence-electron chi connectivity index (χ2n) is 16.3. The first-order chi connectivity index (χ1) is 29.2. The first-order valence-electron chi connectivity index (χ1n) is 22.6. The fourth-order valence-corrected chi connectivity index (χ4v) is 6.24. The molecule has 350 valence electrons. The lowest BCUT2D eigenvalue weighted by atomic mass is 10.1. The number of hydrogen-bond donors (Lipinski definition) is 3. The fraction of sp³-hybridized carbons (Fsp3) is 0.667. The minimum Gasteiger partial charge on any atom is -0.756 e. The van der Waals surface area contributed by atoms with Crippen LogP contribution < -0.4 is 4.89 Å². The summed E-state index contributed by atoms with van der Waals surface area (Å²) in [6, 6.07) is 0. The molecule has 0 aromatic rings.